The number of amides is 1. The fraction of sp³-hybridized carbons (Fsp3) is 0.0556. The molecule has 0 unspecified atom stereocenters. The number of benzene rings is 5. The molecule has 230 valence electrons. The van der Waals surface area contributed by atoms with Gasteiger partial charge >= 0.3 is 0 Å². The largest absolute Gasteiger partial charge is 0.489 e. The lowest BCUT2D eigenvalue weighted by atomic mass is 10.1. The van der Waals surface area contributed by atoms with E-state index in [1.807, 2.05) is 102 Å². The van der Waals surface area contributed by atoms with Crippen molar-refractivity contribution in [2.45, 2.75) is 18.4 Å². The third kappa shape index (κ3) is 7.28. The second-order valence-corrected chi connectivity index (χ2v) is 12.6. The van der Waals surface area contributed by atoms with Gasteiger partial charge in [0.25, 0.3) is 10.0 Å². The summed E-state index contributed by atoms with van der Waals surface area (Å²) in [6.07, 6.45) is 0. The Kier molecular flexibility index (Phi) is 8.87. The van der Waals surface area contributed by atoms with Gasteiger partial charge in [0.1, 0.15) is 12.4 Å². The summed E-state index contributed by atoms with van der Waals surface area (Å²) in [5, 5.41) is 8.16. The van der Waals surface area contributed by atoms with Crippen molar-refractivity contribution in [2.75, 3.05) is 10.0 Å². The van der Waals surface area contributed by atoms with Crippen molar-refractivity contribution in [3.05, 3.63) is 144 Å². The van der Waals surface area contributed by atoms with E-state index in [-0.39, 0.29) is 10.8 Å². The molecule has 10 heteroatoms. The number of halogens is 1. The predicted molar refractivity (Wildman–Crippen MR) is 182 cm³/mol. The van der Waals surface area contributed by atoms with Gasteiger partial charge in [-0.3, -0.25) is 9.52 Å². The van der Waals surface area contributed by atoms with Gasteiger partial charge in [-0.2, -0.15) is 5.10 Å². The van der Waals surface area contributed by atoms with Gasteiger partial charge in [0.05, 0.1) is 22.0 Å². The second kappa shape index (κ2) is 13.3. The molecule has 0 spiro atoms. The maximum Gasteiger partial charge on any atom is 0.261 e. The van der Waals surface area contributed by atoms with E-state index in [0.29, 0.717) is 28.7 Å². The zero-order valence-corrected chi connectivity index (χ0v) is 26.3. The highest BCUT2D eigenvalue weighted by Crippen LogP contribution is 2.31. The highest BCUT2D eigenvalue weighted by atomic mass is 35.5. The van der Waals surface area contributed by atoms with Crippen molar-refractivity contribution in [3.8, 4) is 34.0 Å². The van der Waals surface area contributed by atoms with Crippen LogP contribution in [0.5, 0.6) is 5.75 Å². The Balaban J connectivity index is 1.24. The van der Waals surface area contributed by atoms with Gasteiger partial charge in [0, 0.05) is 34.4 Å². The van der Waals surface area contributed by atoms with Gasteiger partial charge in [-0.15, -0.1) is 0 Å². The summed E-state index contributed by atoms with van der Waals surface area (Å²) in [7, 11) is -3.84. The summed E-state index contributed by atoms with van der Waals surface area (Å²) in [5.41, 5.74) is 6.15. The lowest BCUT2D eigenvalue weighted by Crippen LogP contribution is -2.13. The summed E-state index contributed by atoms with van der Waals surface area (Å²) < 4.78 is 36.4. The Labute approximate surface area is 272 Å². The number of nitrogens with one attached hydrogen (secondary N) is 2. The van der Waals surface area contributed by atoms with Crippen LogP contribution in [-0.2, 0) is 21.4 Å². The van der Waals surface area contributed by atoms with Crippen LogP contribution in [0, 0.1) is 0 Å². The summed E-state index contributed by atoms with van der Waals surface area (Å²) in [6, 6.07) is 40.3. The number of ether oxygens (including phenoxy) is 1. The molecular weight excluding hydrogens is 620 g/mol. The molecule has 0 aliphatic heterocycles. The van der Waals surface area contributed by atoms with Gasteiger partial charge in [-0.05, 0) is 96.6 Å². The molecule has 0 saturated heterocycles. The Morgan fingerprint density at radius 1 is 0.783 bits per heavy atom. The molecule has 5 aromatic carbocycles. The van der Waals surface area contributed by atoms with Gasteiger partial charge in [0.2, 0.25) is 5.91 Å². The molecule has 6 rings (SSSR count). The molecule has 6 aromatic rings. The molecule has 1 aromatic heterocycles. The summed E-state index contributed by atoms with van der Waals surface area (Å²) in [4.78, 5) is 11.3. The van der Waals surface area contributed by atoms with Crippen molar-refractivity contribution in [3.63, 3.8) is 0 Å². The van der Waals surface area contributed by atoms with E-state index < -0.39 is 10.0 Å². The molecule has 1 heterocycles. The van der Waals surface area contributed by atoms with E-state index in [9.17, 15) is 13.2 Å². The third-order valence-corrected chi connectivity index (χ3v) is 8.75. The van der Waals surface area contributed by atoms with Crippen LogP contribution < -0.4 is 14.8 Å². The smallest absolute Gasteiger partial charge is 0.261 e. The number of carbonyl (C=O) groups is 1. The Hall–Kier alpha value is -5.38. The summed E-state index contributed by atoms with van der Waals surface area (Å²) >= 11 is 6.17. The van der Waals surface area contributed by atoms with Crippen molar-refractivity contribution in [2.24, 2.45) is 0 Å². The fourth-order valence-corrected chi connectivity index (χ4v) is 6.00. The van der Waals surface area contributed by atoms with E-state index >= 15 is 0 Å². The van der Waals surface area contributed by atoms with Gasteiger partial charge < -0.3 is 10.1 Å². The van der Waals surface area contributed by atoms with E-state index in [4.69, 9.17) is 21.4 Å². The first-order chi connectivity index (χ1) is 22.2. The molecule has 2 N–H and O–H groups in total. The highest BCUT2D eigenvalue weighted by molar-refractivity contribution is 7.92. The lowest BCUT2D eigenvalue weighted by molar-refractivity contribution is -0.114. The molecule has 8 nitrogen and oxygen atoms in total. The van der Waals surface area contributed by atoms with Crippen LogP contribution in [0.1, 0.15) is 12.5 Å². The van der Waals surface area contributed by atoms with Crippen LogP contribution in [0.25, 0.3) is 28.2 Å². The van der Waals surface area contributed by atoms with E-state index in [1.54, 1.807) is 24.3 Å². The fourth-order valence-electron chi connectivity index (χ4n) is 4.81. The molecule has 0 bridgehead atoms. The van der Waals surface area contributed by atoms with E-state index in [1.165, 1.54) is 19.1 Å². The minimum absolute atomic E-state index is 0.0773. The molecular formula is C36H29ClN4O4S. The second-order valence-electron chi connectivity index (χ2n) is 10.5. The average molecular weight is 649 g/mol. The number of sulfonamides is 1. The molecule has 0 atom stereocenters. The van der Waals surface area contributed by atoms with Crippen LogP contribution in [-0.4, -0.2) is 24.1 Å². The number of rotatable bonds is 10. The SMILES string of the molecule is CC(=O)Nc1ccc(S(=O)(=O)Nc2ccc(-c3cc(-c4ccc(OCc5ccccc5)cc4)n(-c4ccc(Cl)cc4)n3)cc2)cc1. The monoisotopic (exact) mass is 648 g/mol. The topological polar surface area (TPSA) is 102 Å². The maximum atomic E-state index is 13.0. The Morgan fingerprint density at radius 2 is 1.41 bits per heavy atom. The molecule has 0 radical (unpaired) electrons. The molecule has 0 fully saturated rings. The number of hydrogen-bond donors (Lipinski definition) is 2. The zero-order valence-electron chi connectivity index (χ0n) is 24.7. The molecule has 46 heavy (non-hydrogen) atoms. The normalized spacial score (nSPS) is 11.2. The van der Waals surface area contributed by atoms with Crippen molar-refractivity contribution in [1.82, 2.24) is 9.78 Å². The predicted octanol–water partition coefficient (Wildman–Crippen LogP) is 8.20. The summed E-state index contributed by atoms with van der Waals surface area (Å²) in [6.45, 7) is 1.86. The minimum atomic E-state index is -3.84. The van der Waals surface area contributed by atoms with E-state index in [2.05, 4.69) is 10.0 Å². The van der Waals surface area contributed by atoms with Gasteiger partial charge in [0.15, 0.2) is 0 Å². The number of carbonyl (C=O) groups excluding carboxylic acids is 1. The van der Waals surface area contributed by atoms with Crippen LogP contribution >= 0.6 is 11.6 Å². The van der Waals surface area contributed by atoms with Crippen molar-refractivity contribution in [1.29, 1.82) is 0 Å². The first-order valence-electron chi connectivity index (χ1n) is 14.4. The lowest BCUT2D eigenvalue weighted by Gasteiger charge is -2.10. The molecule has 0 saturated carbocycles. The summed E-state index contributed by atoms with van der Waals surface area (Å²) in [5.74, 6) is 0.521. The average Bonchev–Trinajstić information content (AvgIpc) is 3.50. The zero-order chi connectivity index (χ0) is 32.1. The number of anilines is 2. The van der Waals surface area contributed by atoms with Crippen LogP contribution in [0.3, 0.4) is 0 Å². The first-order valence-corrected chi connectivity index (χ1v) is 16.2. The van der Waals surface area contributed by atoms with Crippen molar-refractivity contribution < 1.29 is 17.9 Å². The maximum absolute atomic E-state index is 13.0. The standard InChI is InChI=1S/C36H29ClN4O4S/c1-25(42)38-30-15-21-34(22-16-30)46(43,44)40-31-13-7-27(8-14-31)35-23-36(41(39-35)32-17-11-29(37)12-18-32)28-9-19-33(20-10-28)45-24-26-5-3-2-4-6-26/h2-23,40H,24H2,1H3,(H,38,42). The van der Waals surface area contributed by atoms with Crippen LogP contribution in [0.15, 0.2) is 138 Å². The van der Waals surface area contributed by atoms with Crippen LogP contribution in [0.2, 0.25) is 5.02 Å². The Bertz CT molecular complexity index is 2060. The number of aromatic nitrogens is 2. The molecule has 0 aliphatic carbocycles. The van der Waals surface area contributed by atoms with Crippen molar-refractivity contribution >= 4 is 38.9 Å². The first kappa shape index (κ1) is 30.6. The third-order valence-electron chi connectivity index (χ3n) is 7.10. The molecule has 1 amide bonds. The van der Waals surface area contributed by atoms with Gasteiger partial charge in [-0.25, -0.2) is 13.1 Å². The minimum Gasteiger partial charge on any atom is -0.489 e. The quantitative estimate of drug-likeness (QED) is 0.156. The number of hydrogen-bond acceptors (Lipinski definition) is 5. The van der Waals surface area contributed by atoms with Crippen LogP contribution in [0.4, 0.5) is 11.4 Å². The molecule has 0 aliphatic rings. The van der Waals surface area contributed by atoms with E-state index in [0.717, 1.165) is 33.8 Å². The highest BCUT2D eigenvalue weighted by Gasteiger charge is 2.16. The van der Waals surface area contributed by atoms with Gasteiger partial charge in [-0.1, -0.05) is 54.1 Å². The number of nitrogens with zero attached hydrogens (tertiary/aromatic N) is 2. The Morgan fingerprint density at radius 3 is 2.07 bits per heavy atom.